The smallest absolute Gasteiger partial charge is 0.192 e. The molecule has 0 spiro atoms. The molecule has 3 nitrogen and oxygen atoms in total. The Balaban J connectivity index is 1.67. The molecule has 0 radical (unpaired) electrons. The minimum atomic E-state index is -1.84. The Hall–Kier alpha value is -0.466. The van der Waals surface area contributed by atoms with Crippen molar-refractivity contribution in [3.05, 3.63) is 35.5 Å². The molecule has 0 aliphatic heterocycles. The van der Waals surface area contributed by atoms with E-state index in [0.717, 1.165) is 36.2 Å². The molecule has 3 rings (SSSR count). The molecule has 3 saturated carbocycles. The van der Waals surface area contributed by atoms with Crippen LogP contribution in [0.25, 0.3) is 0 Å². The number of rotatable bonds is 13. The van der Waals surface area contributed by atoms with E-state index >= 15 is 0 Å². The summed E-state index contributed by atoms with van der Waals surface area (Å²) < 4.78 is 13.8. The lowest BCUT2D eigenvalue weighted by Gasteiger charge is -2.44. The molecule has 3 aliphatic rings. The van der Waals surface area contributed by atoms with Gasteiger partial charge >= 0.3 is 0 Å². The largest absolute Gasteiger partial charge is 0.414 e. The molecular formula is C39H73NO2Si2. The summed E-state index contributed by atoms with van der Waals surface area (Å²) in [7, 11) is -3.42. The molecule has 3 unspecified atom stereocenters. The highest BCUT2D eigenvalue weighted by Crippen LogP contribution is 2.60. The van der Waals surface area contributed by atoms with Gasteiger partial charge in [-0.1, -0.05) is 92.5 Å². The Labute approximate surface area is 276 Å². The summed E-state index contributed by atoms with van der Waals surface area (Å²) in [5, 5.41) is 0.205. The number of hydrogen-bond acceptors (Lipinski definition) is 3. The van der Waals surface area contributed by atoms with Gasteiger partial charge in [0.1, 0.15) is 0 Å². The Kier molecular flexibility index (Phi) is 12.7. The van der Waals surface area contributed by atoms with Crippen molar-refractivity contribution >= 4 is 16.6 Å². The first-order chi connectivity index (χ1) is 20.3. The molecule has 0 aromatic rings. The first-order valence-electron chi connectivity index (χ1n) is 18.6. The summed E-state index contributed by atoms with van der Waals surface area (Å²) in [6, 6.07) is 3.71. The van der Waals surface area contributed by atoms with Gasteiger partial charge in [0.2, 0.25) is 0 Å². The van der Waals surface area contributed by atoms with Crippen LogP contribution in [-0.2, 0) is 8.85 Å². The van der Waals surface area contributed by atoms with Crippen LogP contribution in [0.5, 0.6) is 0 Å². The van der Waals surface area contributed by atoms with Crippen LogP contribution in [-0.4, -0.2) is 34.4 Å². The zero-order valence-electron chi connectivity index (χ0n) is 31.3. The van der Waals surface area contributed by atoms with Crippen molar-refractivity contribution in [1.29, 1.82) is 0 Å². The predicted octanol–water partition coefficient (Wildman–Crippen LogP) is 11.7. The normalized spacial score (nSPS) is 31.5. The predicted molar refractivity (Wildman–Crippen MR) is 198 cm³/mol. The van der Waals surface area contributed by atoms with E-state index < -0.39 is 16.6 Å². The SMILES string of the molecule is C=C1/C(=C\C=C2/CCCC3(C)[C@@H]([C@H](C)CCCC(C)(C)O[Si](CC)(CC)CC)CC[C@@H]23)CC(O[Si](C)(C)C(C)(C)C)CC1N. The quantitative estimate of drug-likeness (QED) is 0.203. The second-order valence-electron chi connectivity index (χ2n) is 17.6. The summed E-state index contributed by atoms with van der Waals surface area (Å²) in [6.07, 6.45) is 17.4. The molecule has 0 aromatic carbocycles. The molecule has 0 aromatic heterocycles. The minimum Gasteiger partial charge on any atom is -0.414 e. The van der Waals surface area contributed by atoms with Gasteiger partial charge in [0.15, 0.2) is 16.6 Å². The van der Waals surface area contributed by atoms with Gasteiger partial charge in [-0.05, 0) is 136 Å². The van der Waals surface area contributed by atoms with Gasteiger partial charge in [0.25, 0.3) is 0 Å². The monoisotopic (exact) mass is 644 g/mol. The van der Waals surface area contributed by atoms with Crippen molar-refractivity contribution in [2.45, 2.75) is 187 Å². The summed E-state index contributed by atoms with van der Waals surface area (Å²) in [4.78, 5) is 0. The lowest BCUT2D eigenvalue weighted by atomic mass is 9.60. The van der Waals surface area contributed by atoms with E-state index in [0.29, 0.717) is 5.41 Å². The summed E-state index contributed by atoms with van der Waals surface area (Å²) >= 11 is 0. The topological polar surface area (TPSA) is 44.5 Å². The van der Waals surface area contributed by atoms with Gasteiger partial charge in [-0.15, -0.1) is 0 Å². The molecule has 0 amide bonds. The van der Waals surface area contributed by atoms with Crippen LogP contribution in [0.2, 0.25) is 36.3 Å². The highest BCUT2D eigenvalue weighted by atomic mass is 28.4. The molecule has 0 saturated heterocycles. The van der Waals surface area contributed by atoms with Crippen LogP contribution in [0, 0.1) is 23.2 Å². The lowest BCUT2D eigenvalue weighted by molar-refractivity contribution is 0.0704. The average Bonchev–Trinajstić information content (AvgIpc) is 3.29. The van der Waals surface area contributed by atoms with E-state index in [1.54, 1.807) is 5.57 Å². The number of nitrogens with two attached hydrogens (primary N) is 1. The molecule has 2 N–H and O–H groups in total. The maximum absolute atomic E-state index is 6.94. The van der Waals surface area contributed by atoms with Gasteiger partial charge in [0, 0.05) is 6.04 Å². The van der Waals surface area contributed by atoms with E-state index in [4.69, 9.17) is 14.6 Å². The van der Waals surface area contributed by atoms with Crippen LogP contribution in [0.4, 0.5) is 0 Å². The Bertz CT molecular complexity index is 1020. The second-order valence-corrected chi connectivity index (χ2v) is 27.0. The summed E-state index contributed by atoms with van der Waals surface area (Å²) in [5.41, 5.74) is 11.2. The third kappa shape index (κ3) is 8.71. The highest BCUT2D eigenvalue weighted by Gasteiger charge is 2.50. The number of fused-ring (bicyclic) bond motifs is 1. The molecule has 6 atom stereocenters. The van der Waals surface area contributed by atoms with Crippen LogP contribution in [0.3, 0.4) is 0 Å². The molecule has 3 fully saturated rings. The fraction of sp³-hybridized carbons (Fsp3) is 0.846. The van der Waals surface area contributed by atoms with Crippen molar-refractivity contribution in [1.82, 2.24) is 0 Å². The van der Waals surface area contributed by atoms with Crippen molar-refractivity contribution in [3.8, 4) is 0 Å². The molecule has 0 heterocycles. The zero-order valence-corrected chi connectivity index (χ0v) is 33.3. The Morgan fingerprint density at radius 1 is 1.05 bits per heavy atom. The van der Waals surface area contributed by atoms with Gasteiger partial charge in [-0.25, -0.2) is 0 Å². The fourth-order valence-corrected chi connectivity index (χ4v) is 13.6. The van der Waals surface area contributed by atoms with Gasteiger partial charge < -0.3 is 14.6 Å². The van der Waals surface area contributed by atoms with Crippen molar-refractivity contribution in [2.24, 2.45) is 28.9 Å². The first-order valence-corrected chi connectivity index (χ1v) is 24.0. The van der Waals surface area contributed by atoms with E-state index in [9.17, 15) is 0 Å². The molecule has 0 bridgehead atoms. The Morgan fingerprint density at radius 2 is 1.68 bits per heavy atom. The van der Waals surface area contributed by atoms with Crippen molar-refractivity contribution < 1.29 is 8.85 Å². The minimum absolute atomic E-state index is 0.00319. The molecule has 3 aliphatic carbocycles. The lowest BCUT2D eigenvalue weighted by Crippen LogP contribution is -2.47. The third-order valence-corrected chi connectivity index (χ3v) is 22.6. The fourth-order valence-electron chi connectivity index (χ4n) is 9.06. The van der Waals surface area contributed by atoms with Crippen molar-refractivity contribution in [3.63, 3.8) is 0 Å². The molecule has 5 heteroatoms. The van der Waals surface area contributed by atoms with E-state index in [2.05, 4.69) is 101 Å². The number of hydrogen-bond donors (Lipinski definition) is 1. The van der Waals surface area contributed by atoms with Gasteiger partial charge in [-0.2, -0.15) is 0 Å². The molecule has 254 valence electrons. The maximum Gasteiger partial charge on any atom is 0.192 e. The van der Waals surface area contributed by atoms with Crippen LogP contribution in [0.15, 0.2) is 35.5 Å². The Morgan fingerprint density at radius 3 is 2.27 bits per heavy atom. The highest BCUT2D eigenvalue weighted by molar-refractivity contribution is 6.74. The van der Waals surface area contributed by atoms with E-state index in [-0.39, 0.29) is 22.8 Å². The summed E-state index contributed by atoms with van der Waals surface area (Å²) in [5.74, 6) is 2.31. The standard InChI is InChI=1S/C39H73NO2Si2/c1-14-44(15-2,16-3)42-38(9,10)25-17-19-29(4)34-23-24-35-31(20-18-26-39(34,35)11)21-22-32-27-33(28-36(40)30(32)5)41-43(12,13)37(6,7)8/h21-22,29,33-36H,5,14-20,23-28,40H2,1-4,6-13H3/b31-21+,32-22-/t29-,33?,34-,35+,36?,39?/m1/s1. The first kappa shape index (κ1) is 38.0. The second kappa shape index (κ2) is 14.7. The van der Waals surface area contributed by atoms with Gasteiger partial charge in [0.05, 0.1) is 11.7 Å². The average molecular weight is 644 g/mol. The van der Waals surface area contributed by atoms with Crippen LogP contribution < -0.4 is 5.73 Å². The molecule has 44 heavy (non-hydrogen) atoms. The van der Waals surface area contributed by atoms with E-state index in [1.807, 2.05) is 0 Å². The molecular weight excluding hydrogens is 571 g/mol. The maximum atomic E-state index is 6.94. The van der Waals surface area contributed by atoms with Crippen LogP contribution in [0.1, 0.15) is 133 Å². The van der Waals surface area contributed by atoms with Crippen LogP contribution >= 0.6 is 0 Å². The van der Waals surface area contributed by atoms with Crippen molar-refractivity contribution in [2.75, 3.05) is 0 Å². The van der Waals surface area contributed by atoms with Gasteiger partial charge in [-0.3, -0.25) is 0 Å². The zero-order chi connectivity index (χ0) is 33.1. The summed E-state index contributed by atoms with van der Waals surface area (Å²) in [6.45, 7) is 33.1. The third-order valence-electron chi connectivity index (χ3n) is 13.2. The number of allylic oxidation sites excluding steroid dienone is 3. The van der Waals surface area contributed by atoms with E-state index in [1.165, 1.54) is 75.1 Å².